The van der Waals surface area contributed by atoms with Gasteiger partial charge in [0.05, 0.1) is 5.39 Å². The summed E-state index contributed by atoms with van der Waals surface area (Å²) < 4.78 is 5.65. The lowest BCUT2D eigenvalue weighted by Gasteiger charge is -2.07. The number of amides is 1. The summed E-state index contributed by atoms with van der Waals surface area (Å²) in [6.45, 7) is 3.76. The fraction of sp³-hybridized carbons (Fsp3) is 0.111. The predicted molar refractivity (Wildman–Crippen MR) is 91.4 cm³/mol. The summed E-state index contributed by atoms with van der Waals surface area (Å²) in [6, 6.07) is 11.6. The van der Waals surface area contributed by atoms with Gasteiger partial charge >= 0.3 is 0 Å². The van der Waals surface area contributed by atoms with E-state index in [9.17, 15) is 9.59 Å². The summed E-state index contributed by atoms with van der Waals surface area (Å²) in [6.07, 6.45) is 0. The molecule has 0 aliphatic heterocycles. The maximum atomic E-state index is 12.3. The van der Waals surface area contributed by atoms with Crippen molar-refractivity contribution in [2.45, 2.75) is 13.8 Å². The van der Waals surface area contributed by atoms with Crippen LogP contribution in [0.2, 0.25) is 5.02 Å². The first kappa shape index (κ1) is 15.3. The second kappa shape index (κ2) is 5.89. The molecule has 1 amide bonds. The molecule has 0 aliphatic carbocycles. The first-order valence-electron chi connectivity index (χ1n) is 7.06. The summed E-state index contributed by atoms with van der Waals surface area (Å²) in [5.41, 5.74) is 2.56. The standard InChI is InChI=1S/C18H14ClNO3/c1-10-7-11(2)17-14(8-10)15(21)9-16(23-17)18(22)20-13-5-3-12(19)4-6-13/h3-9H,1-2H3,(H,20,22). The molecular formula is C18H14ClNO3. The van der Waals surface area contributed by atoms with Gasteiger partial charge < -0.3 is 9.73 Å². The van der Waals surface area contributed by atoms with Crippen LogP contribution in [-0.4, -0.2) is 5.91 Å². The predicted octanol–water partition coefficient (Wildman–Crippen LogP) is 4.32. The monoisotopic (exact) mass is 327 g/mol. The first-order valence-corrected chi connectivity index (χ1v) is 7.44. The zero-order valence-corrected chi connectivity index (χ0v) is 13.4. The average molecular weight is 328 g/mol. The SMILES string of the molecule is Cc1cc(C)c2oc(C(=O)Nc3ccc(Cl)cc3)cc(=O)c2c1. The Morgan fingerprint density at radius 1 is 1.09 bits per heavy atom. The lowest BCUT2D eigenvalue weighted by Crippen LogP contribution is -2.15. The number of anilines is 1. The zero-order valence-electron chi connectivity index (χ0n) is 12.6. The van der Waals surface area contributed by atoms with Crippen LogP contribution in [0, 0.1) is 13.8 Å². The van der Waals surface area contributed by atoms with E-state index in [0.717, 1.165) is 11.1 Å². The Balaban J connectivity index is 2.01. The number of halogens is 1. The molecule has 0 aliphatic rings. The van der Waals surface area contributed by atoms with E-state index in [1.54, 1.807) is 30.3 Å². The lowest BCUT2D eigenvalue weighted by molar-refractivity contribution is 0.0997. The molecule has 5 heteroatoms. The molecule has 0 atom stereocenters. The molecule has 0 saturated carbocycles. The van der Waals surface area contributed by atoms with Crippen molar-refractivity contribution in [2.75, 3.05) is 5.32 Å². The van der Waals surface area contributed by atoms with E-state index >= 15 is 0 Å². The van der Waals surface area contributed by atoms with Crippen LogP contribution in [0.15, 0.2) is 51.7 Å². The number of hydrogen-bond acceptors (Lipinski definition) is 3. The number of hydrogen-bond donors (Lipinski definition) is 1. The topological polar surface area (TPSA) is 59.3 Å². The highest BCUT2D eigenvalue weighted by molar-refractivity contribution is 6.30. The average Bonchev–Trinajstić information content (AvgIpc) is 2.50. The lowest BCUT2D eigenvalue weighted by atomic mass is 10.1. The van der Waals surface area contributed by atoms with Gasteiger partial charge in [-0.3, -0.25) is 9.59 Å². The van der Waals surface area contributed by atoms with E-state index in [4.69, 9.17) is 16.0 Å². The fourth-order valence-electron chi connectivity index (χ4n) is 2.45. The number of carbonyl (C=O) groups excluding carboxylic acids is 1. The minimum atomic E-state index is -0.480. The van der Waals surface area contributed by atoms with Gasteiger partial charge in [0.2, 0.25) is 0 Å². The molecule has 3 rings (SSSR count). The Morgan fingerprint density at radius 2 is 1.78 bits per heavy atom. The van der Waals surface area contributed by atoms with E-state index in [0.29, 0.717) is 21.7 Å². The Labute approximate surface area is 137 Å². The van der Waals surface area contributed by atoms with Crippen LogP contribution in [0.25, 0.3) is 11.0 Å². The minimum Gasteiger partial charge on any atom is -0.450 e. The molecule has 1 aromatic heterocycles. The van der Waals surface area contributed by atoms with Gasteiger partial charge in [0.1, 0.15) is 5.58 Å². The van der Waals surface area contributed by atoms with E-state index in [-0.39, 0.29) is 11.2 Å². The van der Waals surface area contributed by atoms with E-state index in [2.05, 4.69) is 5.32 Å². The highest BCUT2D eigenvalue weighted by atomic mass is 35.5. The molecule has 2 aromatic carbocycles. The van der Waals surface area contributed by atoms with Gasteiger partial charge in [0.25, 0.3) is 5.91 Å². The molecule has 0 radical (unpaired) electrons. The maximum absolute atomic E-state index is 12.3. The van der Waals surface area contributed by atoms with Crippen LogP contribution in [-0.2, 0) is 0 Å². The molecule has 4 nitrogen and oxygen atoms in total. The summed E-state index contributed by atoms with van der Waals surface area (Å²) in [7, 11) is 0. The molecule has 0 spiro atoms. The molecule has 0 fully saturated rings. The summed E-state index contributed by atoms with van der Waals surface area (Å²) in [5, 5.41) is 3.73. The number of aryl methyl sites for hydroxylation is 2. The van der Waals surface area contributed by atoms with Gasteiger partial charge in [-0.2, -0.15) is 0 Å². The van der Waals surface area contributed by atoms with Crippen molar-refractivity contribution in [1.29, 1.82) is 0 Å². The highest BCUT2D eigenvalue weighted by Gasteiger charge is 2.14. The summed E-state index contributed by atoms with van der Waals surface area (Å²) in [5.74, 6) is -0.504. The van der Waals surface area contributed by atoms with Gasteiger partial charge in [-0.25, -0.2) is 0 Å². The fourth-order valence-corrected chi connectivity index (χ4v) is 2.57. The highest BCUT2D eigenvalue weighted by Crippen LogP contribution is 2.20. The second-order valence-corrected chi connectivity index (χ2v) is 5.83. The van der Waals surface area contributed by atoms with Crippen LogP contribution in [0.4, 0.5) is 5.69 Å². The number of nitrogens with one attached hydrogen (secondary N) is 1. The van der Waals surface area contributed by atoms with Crippen molar-refractivity contribution in [3.63, 3.8) is 0 Å². The van der Waals surface area contributed by atoms with E-state index < -0.39 is 5.91 Å². The Morgan fingerprint density at radius 3 is 2.48 bits per heavy atom. The van der Waals surface area contributed by atoms with Crippen molar-refractivity contribution in [3.05, 3.63) is 74.6 Å². The molecule has 0 unspecified atom stereocenters. The molecule has 0 saturated heterocycles. The van der Waals surface area contributed by atoms with Gasteiger partial charge in [-0.1, -0.05) is 17.7 Å². The molecule has 23 heavy (non-hydrogen) atoms. The summed E-state index contributed by atoms with van der Waals surface area (Å²) in [4.78, 5) is 24.5. The largest absolute Gasteiger partial charge is 0.450 e. The van der Waals surface area contributed by atoms with Gasteiger partial charge in [-0.05, 0) is 55.3 Å². The van der Waals surface area contributed by atoms with E-state index in [1.807, 2.05) is 19.9 Å². The number of benzene rings is 2. The second-order valence-electron chi connectivity index (χ2n) is 5.39. The third-order valence-electron chi connectivity index (χ3n) is 3.48. The Bertz CT molecular complexity index is 958. The quantitative estimate of drug-likeness (QED) is 0.762. The third kappa shape index (κ3) is 3.12. The van der Waals surface area contributed by atoms with Crippen molar-refractivity contribution >= 4 is 34.2 Å². The Hall–Kier alpha value is -2.59. The van der Waals surface area contributed by atoms with Gasteiger partial charge in [0, 0.05) is 16.8 Å². The Kier molecular flexibility index (Phi) is 3.92. The van der Waals surface area contributed by atoms with Crippen LogP contribution in [0.5, 0.6) is 0 Å². The zero-order chi connectivity index (χ0) is 16.6. The molecule has 0 bridgehead atoms. The van der Waals surface area contributed by atoms with Crippen LogP contribution >= 0.6 is 11.6 Å². The summed E-state index contributed by atoms with van der Waals surface area (Å²) >= 11 is 5.81. The van der Waals surface area contributed by atoms with Crippen molar-refractivity contribution < 1.29 is 9.21 Å². The van der Waals surface area contributed by atoms with Crippen molar-refractivity contribution in [1.82, 2.24) is 0 Å². The normalized spacial score (nSPS) is 10.7. The van der Waals surface area contributed by atoms with E-state index in [1.165, 1.54) is 6.07 Å². The van der Waals surface area contributed by atoms with Crippen LogP contribution in [0.1, 0.15) is 21.7 Å². The van der Waals surface area contributed by atoms with Crippen molar-refractivity contribution in [2.24, 2.45) is 0 Å². The molecular weight excluding hydrogens is 314 g/mol. The molecule has 1 heterocycles. The maximum Gasteiger partial charge on any atom is 0.291 e. The minimum absolute atomic E-state index is 0.0237. The van der Waals surface area contributed by atoms with Crippen LogP contribution in [0.3, 0.4) is 0 Å². The molecule has 3 aromatic rings. The number of rotatable bonds is 2. The number of carbonyl (C=O) groups is 1. The van der Waals surface area contributed by atoms with Crippen LogP contribution < -0.4 is 10.7 Å². The molecule has 1 N–H and O–H groups in total. The smallest absolute Gasteiger partial charge is 0.291 e. The van der Waals surface area contributed by atoms with Gasteiger partial charge in [-0.15, -0.1) is 0 Å². The van der Waals surface area contributed by atoms with Gasteiger partial charge in [0.15, 0.2) is 11.2 Å². The third-order valence-corrected chi connectivity index (χ3v) is 3.74. The van der Waals surface area contributed by atoms with Crippen molar-refractivity contribution in [3.8, 4) is 0 Å². The first-order chi connectivity index (χ1) is 10.9. The number of fused-ring (bicyclic) bond motifs is 1. The molecule has 116 valence electrons.